The Kier molecular flexibility index (Phi) is 5.43. The van der Waals surface area contributed by atoms with Gasteiger partial charge in [-0.3, -0.25) is 9.59 Å². The fraction of sp³-hybridized carbons (Fsp3) is 0.480. The van der Waals surface area contributed by atoms with E-state index in [1.54, 1.807) is 11.3 Å². The van der Waals surface area contributed by atoms with Gasteiger partial charge < -0.3 is 19.9 Å². The fourth-order valence-corrected chi connectivity index (χ4v) is 5.51. The van der Waals surface area contributed by atoms with Crippen LogP contribution in [0.25, 0.3) is 10.9 Å². The van der Waals surface area contributed by atoms with Crippen molar-refractivity contribution in [3.63, 3.8) is 0 Å². The molecule has 0 unspecified atom stereocenters. The summed E-state index contributed by atoms with van der Waals surface area (Å²) in [5, 5.41) is 5.26. The number of ether oxygens (including phenoxy) is 1. The van der Waals surface area contributed by atoms with Crippen LogP contribution in [0.1, 0.15) is 61.1 Å². The molecule has 174 valence electrons. The van der Waals surface area contributed by atoms with Gasteiger partial charge in [0, 0.05) is 35.3 Å². The first-order valence-corrected chi connectivity index (χ1v) is 12.4. The Hall–Kier alpha value is -2.87. The van der Waals surface area contributed by atoms with Crippen LogP contribution in [0, 0.1) is 5.41 Å². The molecular weight excluding hydrogens is 436 g/mol. The summed E-state index contributed by atoms with van der Waals surface area (Å²) in [5.41, 5.74) is 1.69. The van der Waals surface area contributed by atoms with Crippen LogP contribution in [0.2, 0.25) is 0 Å². The normalized spacial score (nSPS) is 17.4. The Morgan fingerprint density at radius 1 is 1.27 bits per heavy atom. The van der Waals surface area contributed by atoms with E-state index in [1.165, 1.54) is 0 Å². The number of carbonyl (C=O) groups is 2. The van der Waals surface area contributed by atoms with Crippen LogP contribution in [0.5, 0.6) is 0 Å². The van der Waals surface area contributed by atoms with E-state index in [1.807, 2.05) is 56.0 Å². The van der Waals surface area contributed by atoms with Gasteiger partial charge in [0.2, 0.25) is 0 Å². The molecule has 2 aromatic heterocycles. The molecule has 1 fully saturated rings. The molecule has 8 heteroatoms. The molecule has 1 saturated carbocycles. The van der Waals surface area contributed by atoms with Gasteiger partial charge in [-0.2, -0.15) is 0 Å². The van der Waals surface area contributed by atoms with Gasteiger partial charge in [-0.05, 0) is 45.7 Å². The summed E-state index contributed by atoms with van der Waals surface area (Å²) in [5.74, 6) is -0.108. The van der Waals surface area contributed by atoms with Crippen molar-refractivity contribution in [3.8, 4) is 0 Å². The van der Waals surface area contributed by atoms with Crippen molar-refractivity contribution in [2.24, 2.45) is 5.41 Å². The number of benzene rings is 1. The summed E-state index contributed by atoms with van der Waals surface area (Å²) in [6.45, 7) is 7.45. The molecule has 5 rings (SSSR count). The number of aromatic amines is 1. The van der Waals surface area contributed by atoms with E-state index in [4.69, 9.17) is 9.72 Å². The van der Waals surface area contributed by atoms with E-state index >= 15 is 0 Å². The van der Waals surface area contributed by atoms with Gasteiger partial charge in [0.15, 0.2) is 5.13 Å². The number of nitrogens with zero attached hydrogens (tertiary/aromatic N) is 2. The Balaban J connectivity index is 1.24. The number of carbonyl (C=O) groups excluding carboxylic acids is 2. The lowest BCUT2D eigenvalue weighted by Crippen LogP contribution is -2.47. The highest BCUT2D eigenvalue weighted by Gasteiger charge is 2.46. The van der Waals surface area contributed by atoms with Crippen LogP contribution < -0.4 is 5.32 Å². The molecule has 1 amide bonds. The number of nitrogens with one attached hydrogen (secondary N) is 2. The minimum atomic E-state index is -0.485. The van der Waals surface area contributed by atoms with Gasteiger partial charge in [-0.15, -0.1) is 0 Å². The number of H-pyrrole nitrogens is 1. The molecule has 33 heavy (non-hydrogen) atoms. The number of aromatic nitrogens is 2. The van der Waals surface area contributed by atoms with Crippen molar-refractivity contribution in [2.75, 3.05) is 18.4 Å². The third-order valence-electron chi connectivity index (χ3n) is 6.50. The lowest BCUT2D eigenvalue weighted by atomic mass is 9.68. The zero-order valence-corrected chi connectivity index (χ0v) is 20.2. The average Bonchev–Trinajstić information content (AvgIpc) is 3.34. The molecule has 3 aromatic rings. The van der Waals surface area contributed by atoms with Crippen molar-refractivity contribution in [1.29, 1.82) is 0 Å². The van der Waals surface area contributed by atoms with Crippen molar-refractivity contribution >= 4 is 39.2 Å². The maximum atomic E-state index is 13.1. The second-order valence-electron chi connectivity index (χ2n) is 10.1. The number of fused-ring (bicyclic) bond motifs is 2. The fourth-order valence-electron chi connectivity index (χ4n) is 4.49. The van der Waals surface area contributed by atoms with E-state index < -0.39 is 11.0 Å². The van der Waals surface area contributed by atoms with E-state index in [-0.39, 0.29) is 11.9 Å². The van der Waals surface area contributed by atoms with Crippen LogP contribution in [0.3, 0.4) is 0 Å². The Morgan fingerprint density at radius 3 is 2.76 bits per heavy atom. The number of anilines is 1. The number of hydrogen-bond acceptors (Lipinski definition) is 6. The second kappa shape index (κ2) is 8.17. The van der Waals surface area contributed by atoms with Crippen LogP contribution in [0.4, 0.5) is 5.13 Å². The van der Waals surface area contributed by atoms with Gasteiger partial charge in [0.05, 0.1) is 17.7 Å². The minimum Gasteiger partial charge on any atom is -0.459 e. The van der Waals surface area contributed by atoms with Crippen LogP contribution in [-0.4, -0.2) is 45.4 Å². The molecular formula is C25H30N4O3S. The number of hydrogen-bond donors (Lipinski definition) is 2. The zero-order valence-electron chi connectivity index (χ0n) is 19.4. The molecule has 0 atom stereocenters. The SMILES string of the molecule is CC(C)(C)OC(=O)C1(CNc2nc3c(s2)CN(C(=O)c2cc4ccccc4[nH]2)CC3)CCC1. The highest BCUT2D eigenvalue weighted by Crippen LogP contribution is 2.43. The molecule has 2 N–H and O–H groups in total. The van der Waals surface area contributed by atoms with Crippen molar-refractivity contribution in [1.82, 2.24) is 14.9 Å². The van der Waals surface area contributed by atoms with E-state index in [0.717, 1.165) is 52.3 Å². The minimum absolute atomic E-state index is 0.0121. The molecule has 3 heterocycles. The van der Waals surface area contributed by atoms with E-state index in [0.29, 0.717) is 25.3 Å². The van der Waals surface area contributed by atoms with Crippen molar-refractivity contribution in [3.05, 3.63) is 46.6 Å². The summed E-state index contributed by atoms with van der Waals surface area (Å²) >= 11 is 1.58. The predicted octanol–water partition coefficient (Wildman–Crippen LogP) is 4.75. The zero-order chi connectivity index (χ0) is 23.2. The van der Waals surface area contributed by atoms with Gasteiger partial charge in [-0.25, -0.2) is 4.98 Å². The summed E-state index contributed by atoms with van der Waals surface area (Å²) in [4.78, 5) is 36.8. The molecule has 0 bridgehead atoms. The first-order chi connectivity index (χ1) is 15.7. The quantitative estimate of drug-likeness (QED) is 0.530. The number of para-hydroxylation sites is 1. The maximum Gasteiger partial charge on any atom is 0.314 e. The molecule has 0 saturated heterocycles. The highest BCUT2D eigenvalue weighted by molar-refractivity contribution is 7.15. The second-order valence-corrected chi connectivity index (χ2v) is 11.2. The number of thiazole rings is 1. The van der Waals surface area contributed by atoms with Crippen molar-refractivity contribution < 1.29 is 14.3 Å². The number of amides is 1. The molecule has 0 spiro atoms. The molecule has 1 aliphatic heterocycles. The lowest BCUT2D eigenvalue weighted by molar-refractivity contribution is -0.172. The first kappa shape index (κ1) is 21.9. The summed E-state index contributed by atoms with van der Waals surface area (Å²) in [6.07, 6.45) is 3.45. The standard InChI is InChI=1S/C25H30N4O3S/c1-24(2,3)32-22(31)25(10-6-11-25)15-26-23-28-18-9-12-29(14-20(18)33-23)21(30)19-13-16-7-4-5-8-17(16)27-19/h4-5,7-8,13,27H,6,9-12,14-15H2,1-3H3,(H,26,28). The first-order valence-electron chi connectivity index (χ1n) is 11.6. The van der Waals surface area contributed by atoms with Crippen LogP contribution >= 0.6 is 11.3 Å². The van der Waals surface area contributed by atoms with E-state index in [2.05, 4.69) is 10.3 Å². The highest BCUT2D eigenvalue weighted by atomic mass is 32.1. The third kappa shape index (κ3) is 4.36. The van der Waals surface area contributed by atoms with Gasteiger partial charge >= 0.3 is 5.97 Å². The molecule has 0 radical (unpaired) electrons. The topological polar surface area (TPSA) is 87.3 Å². The smallest absolute Gasteiger partial charge is 0.314 e. The number of rotatable bonds is 5. The molecule has 1 aromatic carbocycles. The maximum absolute atomic E-state index is 13.1. The number of esters is 1. The summed E-state index contributed by atoms with van der Waals surface area (Å²) in [7, 11) is 0. The van der Waals surface area contributed by atoms with Gasteiger partial charge in [0.25, 0.3) is 5.91 Å². The van der Waals surface area contributed by atoms with E-state index in [9.17, 15) is 9.59 Å². The molecule has 1 aliphatic carbocycles. The summed E-state index contributed by atoms with van der Waals surface area (Å²) < 4.78 is 5.68. The van der Waals surface area contributed by atoms with Gasteiger partial charge in [-0.1, -0.05) is 36.0 Å². The monoisotopic (exact) mass is 466 g/mol. The molecule has 2 aliphatic rings. The largest absolute Gasteiger partial charge is 0.459 e. The Morgan fingerprint density at radius 2 is 2.06 bits per heavy atom. The van der Waals surface area contributed by atoms with Gasteiger partial charge in [0.1, 0.15) is 11.3 Å². The van der Waals surface area contributed by atoms with Crippen molar-refractivity contribution in [2.45, 2.75) is 58.6 Å². The third-order valence-corrected chi connectivity index (χ3v) is 7.54. The Bertz CT molecular complexity index is 1170. The lowest BCUT2D eigenvalue weighted by Gasteiger charge is -2.41. The predicted molar refractivity (Wildman–Crippen MR) is 129 cm³/mol. The van der Waals surface area contributed by atoms with Crippen LogP contribution in [-0.2, 0) is 22.5 Å². The Labute approximate surface area is 197 Å². The molecule has 7 nitrogen and oxygen atoms in total. The summed E-state index contributed by atoms with van der Waals surface area (Å²) in [6, 6.07) is 9.84. The average molecular weight is 467 g/mol. The van der Waals surface area contributed by atoms with Crippen LogP contribution in [0.15, 0.2) is 30.3 Å².